The quantitative estimate of drug-likeness (QED) is 0.0261. The largest absolute Gasteiger partial charge is 0.399 e. The number of nitrogens with two attached hydrogens (primary N) is 1. The van der Waals surface area contributed by atoms with E-state index in [4.69, 9.17) is 5.73 Å². The van der Waals surface area contributed by atoms with Crippen LogP contribution in [0.5, 0.6) is 0 Å². The number of alkyl halides is 2. The highest BCUT2D eigenvalue weighted by Gasteiger charge is 2.51. The van der Waals surface area contributed by atoms with Crippen molar-refractivity contribution < 1.29 is 66.3 Å². The summed E-state index contributed by atoms with van der Waals surface area (Å²) in [4.78, 5) is 148. The average molecular weight is 1160 g/mol. The number of benzene rings is 4. The SMILES string of the molecule is NC(=O)CCC(NC(=O)C1CCC2CCN(C(=O)CCCCCCNc3cccc4c3CN(C3CCC(=O)NC3=O)C4=O)CC(NC(=O)c3cc4cc(C(F)(F)P(=O)(O)O)ccc4[nH]3)C(=O)N21)C(=O)NC(c1ccccc1)c1ccccc1. The number of hydrogen-bond acceptors (Lipinski definition) is 11. The molecule has 83 heavy (non-hydrogen) atoms. The first kappa shape index (κ1) is 59.3. The number of nitrogens with zero attached hydrogens (tertiary/aromatic N) is 3. The number of H-pyrrole nitrogens is 1. The number of primary amides is 1. The van der Waals surface area contributed by atoms with E-state index < -0.39 is 90.5 Å². The molecule has 22 nitrogen and oxygen atoms in total. The van der Waals surface area contributed by atoms with Crippen LogP contribution in [0.4, 0.5) is 14.5 Å². The van der Waals surface area contributed by atoms with Crippen molar-refractivity contribution in [3.8, 4) is 0 Å². The second-order valence-corrected chi connectivity index (χ2v) is 23.0. The van der Waals surface area contributed by atoms with Crippen LogP contribution in [-0.2, 0) is 50.3 Å². The van der Waals surface area contributed by atoms with Crippen LogP contribution in [0.2, 0.25) is 0 Å². The highest BCUT2D eigenvalue weighted by atomic mass is 31.2. The predicted octanol–water partition coefficient (Wildman–Crippen LogP) is 4.56. The fourth-order valence-corrected chi connectivity index (χ4v) is 11.9. The summed E-state index contributed by atoms with van der Waals surface area (Å²) >= 11 is 0. The average Bonchev–Trinajstić information content (AvgIpc) is 4.43. The lowest BCUT2D eigenvalue weighted by atomic mass is 9.98. The molecule has 10 N–H and O–H groups in total. The van der Waals surface area contributed by atoms with Gasteiger partial charge in [0.1, 0.15) is 29.9 Å². The van der Waals surface area contributed by atoms with Crippen LogP contribution in [0, 0.1) is 0 Å². The van der Waals surface area contributed by atoms with E-state index in [1.165, 1.54) is 20.8 Å². The fraction of sp³-hybridized carbons (Fsp3) is 0.397. The van der Waals surface area contributed by atoms with Crippen LogP contribution >= 0.6 is 7.60 Å². The highest BCUT2D eigenvalue weighted by Crippen LogP contribution is 2.59. The smallest absolute Gasteiger partial charge is 0.385 e. The molecular formula is C58H65F2N10O12P. The van der Waals surface area contributed by atoms with Crippen molar-refractivity contribution in [3.63, 3.8) is 0 Å². The number of carbonyl (C=O) groups excluding carboxylic acids is 9. The molecule has 0 spiro atoms. The molecule has 438 valence electrons. The van der Waals surface area contributed by atoms with Gasteiger partial charge >= 0.3 is 13.3 Å². The zero-order chi connectivity index (χ0) is 59.2. The van der Waals surface area contributed by atoms with Gasteiger partial charge in [0.25, 0.3) is 11.8 Å². The van der Waals surface area contributed by atoms with Gasteiger partial charge in [-0.05, 0) is 86.4 Å². The van der Waals surface area contributed by atoms with Gasteiger partial charge in [-0.25, -0.2) is 0 Å². The predicted molar refractivity (Wildman–Crippen MR) is 298 cm³/mol. The molecule has 25 heteroatoms. The number of hydrogen-bond donors (Lipinski definition) is 9. The van der Waals surface area contributed by atoms with Gasteiger partial charge < -0.3 is 56.5 Å². The van der Waals surface area contributed by atoms with Crippen LogP contribution in [0.1, 0.15) is 126 Å². The number of piperidine rings is 1. The lowest BCUT2D eigenvalue weighted by molar-refractivity contribution is -0.145. The molecule has 9 rings (SSSR count). The van der Waals surface area contributed by atoms with Crippen molar-refractivity contribution in [2.75, 3.05) is 25.0 Å². The van der Waals surface area contributed by atoms with Crippen molar-refractivity contribution in [2.24, 2.45) is 5.73 Å². The van der Waals surface area contributed by atoms with Crippen molar-refractivity contribution in [1.82, 2.24) is 41.0 Å². The van der Waals surface area contributed by atoms with Crippen LogP contribution < -0.4 is 32.3 Å². The second kappa shape index (κ2) is 25.4. The Hall–Kier alpha value is -8.34. The minimum Gasteiger partial charge on any atom is -0.385 e. The Morgan fingerprint density at radius 2 is 1.52 bits per heavy atom. The van der Waals surface area contributed by atoms with E-state index in [9.17, 15) is 61.5 Å². The lowest BCUT2D eigenvalue weighted by Gasteiger charge is -2.39. The Bertz CT molecular complexity index is 3320. The summed E-state index contributed by atoms with van der Waals surface area (Å²) in [6.07, 6.45) is 3.34. The number of halogens is 2. The Kier molecular flexibility index (Phi) is 18.2. The summed E-state index contributed by atoms with van der Waals surface area (Å²) in [6, 6.07) is 21.6. The monoisotopic (exact) mass is 1160 g/mol. The maximum absolute atomic E-state index is 15.0. The van der Waals surface area contributed by atoms with E-state index >= 15 is 4.79 Å². The van der Waals surface area contributed by atoms with Crippen LogP contribution in [0.3, 0.4) is 0 Å². The fourth-order valence-electron chi connectivity index (χ4n) is 11.4. The maximum Gasteiger partial charge on any atom is 0.399 e. The third kappa shape index (κ3) is 13.5. The van der Waals surface area contributed by atoms with Gasteiger partial charge in [0.15, 0.2) is 0 Å². The number of aromatic amines is 1. The highest BCUT2D eigenvalue weighted by molar-refractivity contribution is 7.52. The van der Waals surface area contributed by atoms with E-state index in [-0.39, 0.29) is 98.9 Å². The van der Waals surface area contributed by atoms with E-state index in [0.29, 0.717) is 37.8 Å². The van der Waals surface area contributed by atoms with Crippen molar-refractivity contribution in [1.29, 1.82) is 0 Å². The van der Waals surface area contributed by atoms with E-state index in [1.54, 1.807) is 12.1 Å². The number of anilines is 1. The molecule has 1 aromatic heterocycles. The van der Waals surface area contributed by atoms with Gasteiger partial charge in [0.2, 0.25) is 41.4 Å². The molecule has 5 atom stereocenters. The molecule has 4 aliphatic heterocycles. The van der Waals surface area contributed by atoms with E-state index in [0.717, 1.165) is 47.0 Å². The summed E-state index contributed by atoms with van der Waals surface area (Å²) in [5, 5.41) is 14.2. The third-order valence-corrected chi connectivity index (χ3v) is 16.8. The molecule has 0 bridgehead atoms. The summed E-state index contributed by atoms with van der Waals surface area (Å²) in [6.45, 7) is 0.580. The van der Waals surface area contributed by atoms with Crippen molar-refractivity contribution in [3.05, 3.63) is 137 Å². The lowest BCUT2D eigenvalue weighted by Crippen LogP contribution is -2.62. The molecule has 3 saturated heterocycles. The normalized spacial score (nSPS) is 19.6. The van der Waals surface area contributed by atoms with Gasteiger partial charge in [-0.15, -0.1) is 0 Å². The molecule has 4 aliphatic rings. The van der Waals surface area contributed by atoms with Crippen molar-refractivity contribution in [2.45, 2.75) is 126 Å². The topological polar surface area (TPSA) is 323 Å². The number of aromatic nitrogens is 1. The molecule has 0 saturated carbocycles. The summed E-state index contributed by atoms with van der Waals surface area (Å²) in [5.41, 5.74) is 3.45. The number of nitrogens with one attached hydrogen (secondary N) is 6. The molecule has 5 unspecified atom stereocenters. The summed E-state index contributed by atoms with van der Waals surface area (Å²) in [7, 11) is -5.93. The van der Waals surface area contributed by atoms with Gasteiger partial charge in [-0.1, -0.05) is 85.6 Å². The minimum atomic E-state index is -5.93. The van der Waals surface area contributed by atoms with E-state index in [1.807, 2.05) is 66.7 Å². The van der Waals surface area contributed by atoms with Crippen LogP contribution in [0.15, 0.2) is 103 Å². The summed E-state index contributed by atoms with van der Waals surface area (Å²) in [5.74, 6) is -5.07. The first-order valence-corrected chi connectivity index (χ1v) is 29.3. The third-order valence-electron chi connectivity index (χ3n) is 15.8. The molecule has 5 aromatic rings. The Balaban J connectivity index is 0.871. The molecule has 9 amide bonds. The first-order chi connectivity index (χ1) is 39.7. The number of imide groups is 1. The molecule has 3 fully saturated rings. The van der Waals surface area contributed by atoms with Gasteiger partial charge in [0.05, 0.1) is 6.04 Å². The molecule has 0 aliphatic carbocycles. The van der Waals surface area contributed by atoms with Crippen molar-refractivity contribution >= 4 is 77.4 Å². The Labute approximate surface area is 475 Å². The number of carbonyl (C=O) groups is 9. The molecular weight excluding hydrogens is 1100 g/mol. The maximum atomic E-state index is 15.0. The second-order valence-electron chi connectivity index (χ2n) is 21.4. The van der Waals surface area contributed by atoms with Gasteiger partial charge in [0, 0.05) is 84.8 Å². The van der Waals surface area contributed by atoms with Gasteiger partial charge in [-0.3, -0.25) is 53.0 Å². The number of rotatable bonds is 22. The van der Waals surface area contributed by atoms with E-state index in [2.05, 4.69) is 31.6 Å². The Morgan fingerprint density at radius 1 is 0.807 bits per heavy atom. The van der Waals surface area contributed by atoms with Crippen LogP contribution in [-0.4, -0.2) is 132 Å². The number of amides is 9. The first-order valence-electron chi connectivity index (χ1n) is 27.7. The zero-order valence-corrected chi connectivity index (χ0v) is 46.1. The van der Waals surface area contributed by atoms with Crippen LogP contribution in [0.25, 0.3) is 10.9 Å². The Morgan fingerprint density at radius 3 is 2.20 bits per heavy atom. The molecule has 4 aromatic carbocycles. The minimum absolute atomic E-state index is 0.000846. The standard InChI is InChI=1S/C58H65F2N10O12P/c59-58(60,83(80,81)82)37-19-21-41-36(30-37)31-44(63-41)53(75)65-45-33-68(50(73)18-9-1-2-10-28-62-42-17-11-16-39-40(42)32-69(56(39)78)46-24-26-49(72)66-54(46)76)29-27-38-20-23-47(70(38)57(45)79)55(77)64-43(22-25-48(61)71)52(74)67-51(34-12-5-3-6-13-34)35-14-7-4-8-15-35/h3-8,11-17,19,21,30-31,38,43,45-47,51,62-63H,1-2,9-10,18,20,22-29,32-33H2,(H2,61,71)(H,64,77)(H,65,75)(H,67,74)(H,66,72,76)(H2,80,81,82). The molecule has 5 heterocycles. The number of fused-ring (bicyclic) bond motifs is 3. The zero-order valence-electron chi connectivity index (χ0n) is 45.2. The number of unbranched alkanes of at least 4 members (excludes halogenated alkanes) is 3. The molecule has 0 radical (unpaired) electrons. The van der Waals surface area contributed by atoms with Gasteiger partial charge in [-0.2, -0.15) is 8.78 Å². The summed E-state index contributed by atoms with van der Waals surface area (Å²) < 4.78 is 41.1.